The number of hydrogen-bond acceptors (Lipinski definition) is 5. The molecule has 1 fully saturated rings. The van der Waals surface area contributed by atoms with Crippen molar-refractivity contribution in [2.24, 2.45) is 0 Å². The summed E-state index contributed by atoms with van der Waals surface area (Å²) in [4.78, 5) is 32.1. The first kappa shape index (κ1) is 13.0. The minimum absolute atomic E-state index is 0.0366. The Bertz CT molecular complexity index is 484. The predicted molar refractivity (Wildman–Crippen MR) is 71.3 cm³/mol. The van der Waals surface area contributed by atoms with E-state index in [4.69, 9.17) is 0 Å². The van der Waals surface area contributed by atoms with Crippen molar-refractivity contribution in [1.29, 1.82) is 0 Å². The molecule has 98 valence electrons. The number of anilines is 1. The van der Waals surface area contributed by atoms with Gasteiger partial charge in [-0.15, -0.1) is 0 Å². The highest BCUT2D eigenvalue weighted by Crippen LogP contribution is 2.27. The molecular weight excluding hydrogens is 250 g/mol. The van der Waals surface area contributed by atoms with Gasteiger partial charge < -0.3 is 9.80 Å². The van der Waals surface area contributed by atoms with Gasteiger partial charge in [0.2, 0.25) is 5.91 Å². The molecule has 1 saturated heterocycles. The molecule has 0 atom stereocenters. The van der Waals surface area contributed by atoms with Crippen molar-refractivity contribution in [3.8, 4) is 0 Å². The minimum Gasteiger partial charge on any atom is -0.344 e. The second kappa shape index (κ2) is 5.06. The second-order valence-corrected chi connectivity index (χ2v) is 5.54. The fraction of sp³-hybridized carbons (Fsp3) is 0.583. The van der Waals surface area contributed by atoms with Crippen LogP contribution in [-0.4, -0.2) is 48.3 Å². The maximum atomic E-state index is 11.8. The number of ketones is 1. The summed E-state index contributed by atoms with van der Waals surface area (Å²) in [6, 6.07) is 0. The van der Waals surface area contributed by atoms with E-state index in [0.29, 0.717) is 11.4 Å². The molecule has 0 aromatic carbocycles. The van der Waals surface area contributed by atoms with Gasteiger partial charge in [-0.1, -0.05) is 11.3 Å². The number of rotatable bonds is 2. The molecule has 18 heavy (non-hydrogen) atoms. The Morgan fingerprint density at radius 3 is 2.72 bits per heavy atom. The van der Waals surface area contributed by atoms with Crippen LogP contribution in [0.5, 0.6) is 0 Å². The smallest absolute Gasteiger partial charge is 0.241 e. The number of likely N-dealkylation sites (N-methyl/N-ethyl adjacent to an activating group) is 1. The molecule has 1 aliphatic rings. The zero-order valence-corrected chi connectivity index (χ0v) is 11.7. The van der Waals surface area contributed by atoms with Gasteiger partial charge >= 0.3 is 0 Å². The quantitative estimate of drug-likeness (QED) is 0.758. The minimum atomic E-state index is 0.0366. The topological polar surface area (TPSA) is 53.5 Å². The van der Waals surface area contributed by atoms with Gasteiger partial charge in [-0.3, -0.25) is 9.59 Å². The Morgan fingerprint density at radius 1 is 1.39 bits per heavy atom. The van der Waals surface area contributed by atoms with Crippen molar-refractivity contribution in [3.05, 3.63) is 10.6 Å². The largest absolute Gasteiger partial charge is 0.344 e. The summed E-state index contributed by atoms with van der Waals surface area (Å²) in [5.74, 6) is 0.138. The highest BCUT2D eigenvalue weighted by atomic mass is 32.1. The molecule has 0 radical (unpaired) electrons. The molecule has 6 heteroatoms. The third-order valence-electron chi connectivity index (χ3n) is 3.05. The van der Waals surface area contributed by atoms with E-state index in [9.17, 15) is 9.59 Å². The van der Waals surface area contributed by atoms with E-state index < -0.39 is 0 Å². The van der Waals surface area contributed by atoms with E-state index in [0.717, 1.165) is 30.3 Å². The third-order valence-corrected chi connectivity index (χ3v) is 4.37. The lowest BCUT2D eigenvalue weighted by atomic mass is 10.3. The van der Waals surface area contributed by atoms with Crippen LogP contribution in [0.15, 0.2) is 0 Å². The van der Waals surface area contributed by atoms with E-state index in [1.54, 1.807) is 11.8 Å². The Morgan fingerprint density at radius 2 is 2.11 bits per heavy atom. The first-order valence-electron chi connectivity index (χ1n) is 5.96. The predicted octanol–water partition coefficient (Wildman–Crippen LogP) is 1.32. The number of aryl methyl sites for hydroxylation is 1. The van der Waals surface area contributed by atoms with Crippen LogP contribution in [0.1, 0.15) is 28.7 Å². The van der Waals surface area contributed by atoms with Crippen LogP contribution in [0.2, 0.25) is 0 Å². The van der Waals surface area contributed by atoms with Crippen LogP contribution in [0.3, 0.4) is 0 Å². The Labute approximate surface area is 110 Å². The molecule has 2 rings (SSSR count). The van der Waals surface area contributed by atoms with Crippen molar-refractivity contribution in [3.63, 3.8) is 0 Å². The normalized spacial score (nSPS) is 16.9. The number of hydrogen-bond donors (Lipinski definition) is 0. The Kier molecular flexibility index (Phi) is 3.65. The third kappa shape index (κ3) is 2.53. The van der Waals surface area contributed by atoms with Crippen LogP contribution in [0.4, 0.5) is 5.13 Å². The summed E-state index contributed by atoms with van der Waals surface area (Å²) in [6.45, 7) is 5.31. The number of Topliss-reactive ketones (excluding diaryl/α,β-unsaturated/α-hetero) is 1. The number of thiazole rings is 1. The standard InChI is InChI=1S/C12H17N3O2S/c1-8-11(9(2)16)18-12(13-8)15-6-4-5-14(3)10(17)7-15/h4-7H2,1-3H3. The molecule has 0 bridgehead atoms. The molecule has 0 N–H and O–H groups in total. The van der Waals surface area contributed by atoms with E-state index in [1.807, 2.05) is 18.9 Å². The molecule has 2 heterocycles. The number of amides is 1. The van der Waals surface area contributed by atoms with Gasteiger partial charge in [0.05, 0.1) is 17.1 Å². The molecule has 0 spiro atoms. The maximum absolute atomic E-state index is 11.8. The first-order valence-corrected chi connectivity index (χ1v) is 6.78. The van der Waals surface area contributed by atoms with Gasteiger partial charge in [0.15, 0.2) is 10.9 Å². The molecule has 0 aliphatic carbocycles. The number of nitrogens with zero attached hydrogens (tertiary/aromatic N) is 3. The van der Waals surface area contributed by atoms with Gasteiger partial charge in [-0.25, -0.2) is 4.98 Å². The molecule has 1 aromatic heterocycles. The average Bonchev–Trinajstić information content (AvgIpc) is 2.61. The van der Waals surface area contributed by atoms with Crippen LogP contribution < -0.4 is 4.90 Å². The summed E-state index contributed by atoms with van der Waals surface area (Å²) < 4.78 is 0. The average molecular weight is 267 g/mol. The Balaban J connectivity index is 2.23. The summed E-state index contributed by atoms with van der Waals surface area (Å²) in [6.07, 6.45) is 0.927. The van der Waals surface area contributed by atoms with Crippen LogP contribution in [0.25, 0.3) is 0 Å². The highest BCUT2D eigenvalue weighted by Gasteiger charge is 2.22. The molecule has 0 unspecified atom stereocenters. The van der Waals surface area contributed by atoms with Gasteiger partial charge in [0.25, 0.3) is 0 Å². The van der Waals surface area contributed by atoms with Crippen molar-refractivity contribution in [2.45, 2.75) is 20.3 Å². The van der Waals surface area contributed by atoms with E-state index in [2.05, 4.69) is 4.98 Å². The first-order chi connectivity index (χ1) is 8.49. The maximum Gasteiger partial charge on any atom is 0.241 e. The van der Waals surface area contributed by atoms with E-state index >= 15 is 0 Å². The molecule has 1 aliphatic heterocycles. The fourth-order valence-corrected chi connectivity index (χ4v) is 2.98. The summed E-state index contributed by atoms with van der Waals surface area (Å²) in [7, 11) is 1.82. The summed E-state index contributed by atoms with van der Waals surface area (Å²) >= 11 is 1.38. The number of carbonyl (C=O) groups is 2. The van der Waals surface area contributed by atoms with Crippen molar-refractivity contribution < 1.29 is 9.59 Å². The Hall–Kier alpha value is -1.43. The van der Waals surface area contributed by atoms with Crippen molar-refractivity contribution >= 4 is 28.2 Å². The molecular formula is C12H17N3O2S. The second-order valence-electron chi connectivity index (χ2n) is 4.56. The van der Waals surface area contributed by atoms with Gasteiger partial charge in [0, 0.05) is 27.1 Å². The van der Waals surface area contributed by atoms with Gasteiger partial charge in [0.1, 0.15) is 0 Å². The van der Waals surface area contributed by atoms with Crippen molar-refractivity contribution in [1.82, 2.24) is 9.88 Å². The number of aromatic nitrogens is 1. The van der Waals surface area contributed by atoms with Crippen LogP contribution in [-0.2, 0) is 4.79 Å². The lowest BCUT2D eigenvalue weighted by Crippen LogP contribution is -2.34. The fourth-order valence-electron chi connectivity index (χ4n) is 1.99. The van der Waals surface area contributed by atoms with E-state index in [1.165, 1.54) is 11.3 Å². The lowest BCUT2D eigenvalue weighted by molar-refractivity contribution is -0.127. The SMILES string of the molecule is CC(=O)c1sc(N2CCCN(C)C(=O)C2)nc1C. The summed E-state index contributed by atoms with van der Waals surface area (Å²) in [5.41, 5.74) is 0.757. The number of carbonyl (C=O) groups excluding carboxylic acids is 2. The van der Waals surface area contributed by atoms with Crippen LogP contribution >= 0.6 is 11.3 Å². The van der Waals surface area contributed by atoms with E-state index in [-0.39, 0.29) is 11.7 Å². The van der Waals surface area contributed by atoms with Gasteiger partial charge in [-0.05, 0) is 13.3 Å². The molecule has 5 nitrogen and oxygen atoms in total. The van der Waals surface area contributed by atoms with Gasteiger partial charge in [-0.2, -0.15) is 0 Å². The zero-order chi connectivity index (χ0) is 13.3. The lowest BCUT2D eigenvalue weighted by Gasteiger charge is -2.18. The highest BCUT2D eigenvalue weighted by molar-refractivity contribution is 7.17. The molecule has 1 amide bonds. The zero-order valence-electron chi connectivity index (χ0n) is 10.9. The molecule has 0 saturated carbocycles. The monoisotopic (exact) mass is 267 g/mol. The van der Waals surface area contributed by atoms with Crippen LogP contribution in [0, 0.1) is 6.92 Å². The summed E-state index contributed by atoms with van der Waals surface area (Å²) in [5, 5.41) is 0.779. The van der Waals surface area contributed by atoms with Crippen molar-refractivity contribution in [2.75, 3.05) is 31.6 Å². The molecule has 1 aromatic rings.